The van der Waals surface area contributed by atoms with Gasteiger partial charge < -0.3 is 9.73 Å². The molecule has 1 saturated carbocycles. The number of hydrogen-bond acceptors (Lipinski definition) is 4. The van der Waals surface area contributed by atoms with Crippen molar-refractivity contribution in [2.75, 3.05) is 5.32 Å². The molecule has 1 amide bonds. The van der Waals surface area contributed by atoms with Crippen LogP contribution >= 0.6 is 15.9 Å². The second-order valence-corrected chi connectivity index (χ2v) is 5.47. The zero-order valence-corrected chi connectivity index (χ0v) is 11.9. The van der Waals surface area contributed by atoms with Crippen LogP contribution in [-0.2, 0) is 0 Å². The van der Waals surface area contributed by atoms with Crippen LogP contribution in [0.5, 0.6) is 0 Å². The second kappa shape index (κ2) is 4.77. The molecule has 2 heterocycles. The summed E-state index contributed by atoms with van der Waals surface area (Å²) in [6, 6.07) is 1.80. The molecule has 0 aliphatic heterocycles. The Morgan fingerprint density at radius 3 is 3.00 bits per heavy atom. The second-order valence-electron chi connectivity index (χ2n) is 4.62. The van der Waals surface area contributed by atoms with Crippen molar-refractivity contribution in [2.45, 2.75) is 25.7 Å². The number of nitrogens with zero attached hydrogens (tertiary/aromatic N) is 2. The Morgan fingerprint density at radius 1 is 1.53 bits per heavy atom. The number of aromatic nitrogens is 2. The summed E-state index contributed by atoms with van der Waals surface area (Å²) in [6.07, 6.45) is 5.24. The molecular weight excluding hydrogens is 310 g/mol. The van der Waals surface area contributed by atoms with Gasteiger partial charge in [-0.15, -0.1) is 0 Å². The van der Waals surface area contributed by atoms with Crippen molar-refractivity contribution in [1.82, 2.24) is 9.97 Å². The van der Waals surface area contributed by atoms with Crippen LogP contribution in [0.15, 0.2) is 27.4 Å². The van der Waals surface area contributed by atoms with Gasteiger partial charge in [-0.3, -0.25) is 4.79 Å². The zero-order chi connectivity index (χ0) is 13.4. The molecule has 98 valence electrons. The van der Waals surface area contributed by atoms with Gasteiger partial charge in [-0.1, -0.05) is 0 Å². The molecule has 2 aromatic rings. The number of pyridine rings is 1. The third-order valence-corrected chi connectivity index (χ3v) is 3.80. The molecule has 19 heavy (non-hydrogen) atoms. The van der Waals surface area contributed by atoms with E-state index in [9.17, 15) is 4.79 Å². The lowest BCUT2D eigenvalue weighted by Gasteiger charge is -2.03. The van der Waals surface area contributed by atoms with Crippen molar-refractivity contribution in [3.63, 3.8) is 0 Å². The number of anilines is 1. The van der Waals surface area contributed by atoms with Gasteiger partial charge in [0.25, 0.3) is 5.91 Å². The van der Waals surface area contributed by atoms with Crippen molar-refractivity contribution in [3.8, 4) is 0 Å². The minimum absolute atomic E-state index is 0.296. The Labute approximate surface area is 118 Å². The van der Waals surface area contributed by atoms with Crippen molar-refractivity contribution in [2.24, 2.45) is 0 Å². The predicted molar refractivity (Wildman–Crippen MR) is 73.1 cm³/mol. The van der Waals surface area contributed by atoms with Gasteiger partial charge in [-0.2, -0.15) is 0 Å². The van der Waals surface area contributed by atoms with E-state index in [0.717, 1.165) is 22.9 Å². The third kappa shape index (κ3) is 2.68. The third-order valence-electron chi connectivity index (χ3n) is 2.97. The van der Waals surface area contributed by atoms with Crippen LogP contribution in [0.4, 0.5) is 5.82 Å². The monoisotopic (exact) mass is 321 g/mol. The standard InChI is InChI=1S/C13H12BrN3O2/c1-7-4-11(15-5-9(7)14)17-12(18)10-6-19-13(16-10)8-2-3-8/h4-6,8H,2-3H2,1H3,(H,15,17,18). The lowest BCUT2D eigenvalue weighted by atomic mass is 10.3. The molecular formula is C13H12BrN3O2. The van der Waals surface area contributed by atoms with Gasteiger partial charge in [0.05, 0.1) is 0 Å². The van der Waals surface area contributed by atoms with Gasteiger partial charge >= 0.3 is 0 Å². The molecule has 1 aliphatic rings. The summed E-state index contributed by atoms with van der Waals surface area (Å²) < 4.78 is 6.20. The number of nitrogens with one attached hydrogen (secondary N) is 1. The number of carbonyl (C=O) groups is 1. The van der Waals surface area contributed by atoms with Crippen molar-refractivity contribution >= 4 is 27.7 Å². The summed E-state index contributed by atoms with van der Waals surface area (Å²) in [7, 11) is 0. The van der Waals surface area contributed by atoms with E-state index in [1.54, 1.807) is 12.3 Å². The topological polar surface area (TPSA) is 68.0 Å². The van der Waals surface area contributed by atoms with E-state index in [0.29, 0.717) is 23.3 Å². The molecule has 1 fully saturated rings. The largest absolute Gasteiger partial charge is 0.448 e. The van der Waals surface area contributed by atoms with Crippen LogP contribution in [0.2, 0.25) is 0 Å². The average molecular weight is 322 g/mol. The predicted octanol–water partition coefficient (Wildman–Crippen LogP) is 3.27. The van der Waals surface area contributed by atoms with E-state index in [1.165, 1.54) is 6.26 Å². The first-order valence-electron chi connectivity index (χ1n) is 6.02. The summed E-state index contributed by atoms with van der Waals surface area (Å²) in [6.45, 7) is 1.93. The van der Waals surface area contributed by atoms with E-state index < -0.39 is 0 Å². The van der Waals surface area contributed by atoms with E-state index in [4.69, 9.17) is 4.42 Å². The SMILES string of the molecule is Cc1cc(NC(=O)c2coc(C3CC3)n2)ncc1Br. The van der Waals surface area contributed by atoms with Crippen LogP contribution in [0, 0.1) is 6.92 Å². The van der Waals surface area contributed by atoms with Gasteiger partial charge in [0.2, 0.25) is 0 Å². The molecule has 5 nitrogen and oxygen atoms in total. The number of hydrogen-bond donors (Lipinski definition) is 1. The summed E-state index contributed by atoms with van der Waals surface area (Å²) in [5, 5.41) is 2.71. The first-order valence-corrected chi connectivity index (χ1v) is 6.81. The van der Waals surface area contributed by atoms with Gasteiger partial charge in [-0.05, 0) is 47.3 Å². The van der Waals surface area contributed by atoms with Crippen molar-refractivity contribution in [1.29, 1.82) is 0 Å². The summed E-state index contributed by atoms with van der Waals surface area (Å²) in [4.78, 5) is 20.3. The quantitative estimate of drug-likeness (QED) is 0.942. The highest BCUT2D eigenvalue weighted by atomic mass is 79.9. The molecule has 0 aromatic carbocycles. The smallest absolute Gasteiger partial charge is 0.278 e. The minimum atomic E-state index is -0.301. The molecule has 0 spiro atoms. The summed E-state index contributed by atoms with van der Waals surface area (Å²) in [5.74, 6) is 1.26. The Bertz CT molecular complexity index is 635. The number of halogens is 1. The van der Waals surface area contributed by atoms with Gasteiger partial charge in [0.15, 0.2) is 11.6 Å². The van der Waals surface area contributed by atoms with Crippen molar-refractivity contribution < 1.29 is 9.21 Å². The van der Waals surface area contributed by atoms with E-state index >= 15 is 0 Å². The maximum atomic E-state index is 12.0. The van der Waals surface area contributed by atoms with E-state index in [-0.39, 0.29) is 5.91 Å². The first kappa shape index (κ1) is 12.3. The fourth-order valence-corrected chi connectivity index (χ4v) is 1.91. The number of amides is 1. The van der Waals surface area contributed by atoms with Gasteiger partial charge in [0, 0.05) is 16.6 Å². The summed E-state index contributed by atoms with van der Waals surface area (Å²) >= 11 is 3.36. The van der Waals surface area contributed by atoms with E-state index in [1.807, 2.05) is 6.92 Å². The molecule has 1 aliphatic carbocycles. The van der Waals surface area contributed by atoms with Crippen molar-refractivity contribution in [3.05, 3.63) is 40.1 Å². The minimum Gasteiger partial charge on any atom is -0.448 e. The lowest BCUT2D eigenvalue weighted by molar-refractivity contribution is 0.102. The Kier molecular flexibility index (Phi) is 3.10. The highest BCUT2D eigenvalue weighted by Crippen LogP contribution is 2.39. The molecule has 0 atom stereocenters. The van der Waals surface area contributed by atoms with Gasteiger partial charge in [-0.25, -0.2) is 9.97 Å². The Balaban J connectivity index is 1.74. The lowest BCUT2D eigenvalue weighted by Crippen LogP contribution is -2.13. The van der Waals surface area contributed by atoms with Gasteiger partial charge in [0.1, 0.15) is 12.1 Å². The maximum absolute atomic E-state index is 12.0. The summed E-state index contributed by atoms with van der Waals surface area (Å²) in [5.41, 5.74) is 1.30. The van der Waals surface area contributed by atoms with Crippen LogP contribution in [0.25, 0.3) is 0 Å². The maximum Gasteiger partial charge on any atom is 0.278 e. The number of carbonyl (C=O) groups excluding carboxylic acids is 1. The normalized spacial score (nSPS) is 14.4. The number of oxazole rings is 1. The molecule has 0 bridgehead atoms. The molecule has 1 N–H and O–H groups in total. The van der Waals surface area contributed by atoms with E-state index in [2.05, 4.69) is 31.2 Å². The zero-order valence-electron chi connectivity index (χ0n) is 10.3. The number of aryl methyl sites for hydroxylation is 1. The fraction of sp³-hybridized carbons (Fsp3) is 0.308. The van der Waals surface area contributed by atoms with Crippen LogP contribution in [0.1, 0.15) is 40.7 Å². The molecule has 6 heteroatoms. The van der Waals surface area contributed by atoms with Crippen LogP contribution < -0.4 is 5.32 Å². The fourth-order valence-electron chi connectivity index (χ4n) is 1.70. The molecule has 0 unspecified atom stereocenters. The Hall–Kier alpha value is -1.69. The number of rotatable bonds is 3. The molecule has 3 rings (SSSR count). The molecule has 2 aromatic heterocycles. The van der Waals surface area contributed by atoms with Crippen LogP contribution in [-0.4, -0.2) is 15.9 Å². The average Bonchev–Trinajstić information content (AvgIpc) is 3.11. The Morgan fingerprint density at radius 2 is 2.32 bits per heavy atom. The highest BCUT2D eigenvalue weighted by Gasteiger charge is 2.29. The van der Waals surface area contributed by atoms with Crippen LogP contribution in [0.3, 0.4) is 0 Å². The first-order chi connectivity index (χ1) is 9.13. The highest BCUT2D eigenvalue weighted by molar-refractivity contribution is 9.10. The molecule has 0 saturated heterocycles. The molecule has 0 radical (unpaired) electrons.